The maximum Gasteiger partial charge on any atom is 0.239 e. The number of rotatable bonds is 5. The van der Waals surface area contributed by atoms with Crippen molar-refractivity contribution in [3.63, 3.8) is 0 Å². The molecule has 1 amide bonds. The summed E-state index contributed by atoms with van der Waals surface area (Å²) >= 11 is 1.64. The molecule has 1 aliphatic heterocycles. The molecule has 0 saturated carbocycles. The van der Waals surface area contributed by atoms with Crippen molar-refractivity contribution in [2.75, 3.05) is 31.7 Å². The predicted molar refractivity (Wildman–Crippen MR) is 82.6 cm³/mol. The van der Waals surface area contributed by atoms with Gasteiger partial charge in [0.2, 0.25) is 5.91 Å². The van der Waals surface area contributed by atoms with Gasteiger partial charge in [-0.15, -0.1) is 0 Å². The second-order valence-electron chi connectivity index (χ2n) is 5.21. The van der Waals surface area contributed by atoms with Gasteiger partial charge in [0, 0.05) is 6.54 Å². The van der Waals surface area contributed by atoms with E-state index in [0.717, 1.165) is 17.9 Å². The maximum atomic E-state index is 13.3. The molecule has 7 heteroatoms. The Balaban J connectivity index is 2.01. The third-order valence-corrected chi connectivity index (χ3v) is 4.29. The highest BCUT2D eigenvalue weighted by Gasteiger charge is 2.28. The number of carbonyl (C=O) groups is 1. The number of hydrogen-bond acceptors (Lipinski definition) is 4. The molecule has 1 aliphatic rings. The summed E-state index contributed by atoms with van der Waals surface area (Å²) in [5.74, 6) is -1.11. The van der Waals surface area contributed by atoms with Gasteiger partial charge >= 0.3 is 0 Å². The Hall–Kier alpha value is -1.18. The van der Waals surface area contributed by atoms with Gasteiger partial charge in [0.1, 0.15) is 6.10 Å². The molecular weight excluding hydrogens is 310 g/mol. The fourth-order valence-corrected chi connectivity index (χ4v) is 2.86. The molecule has 1 heterocycles. The fraction of sp³-hybridized carbons (Fsp3) is 0.533. The lowest BCUT2D eigenvalue weighted by atomic mass is 10.1. The zero-order valence-corrected chi connectivity index (χ0v) is 13.2. The first kappa shape index (κ1) is 17.2. The molecule has 22 heavy (non-hydrogen) atoms. The molecule has 0 bridgehead atoms. The second-order valence-corrected chi connectivity index (χ2v) is 6.19. The molecule has 0 radical (unpaired) electrons. The molecule has 1 aromatic carbocycles. The molecule has 1 saturated heterocycles. The largest absolute Gasteiger partial charge is 0.370 e. The lowest BCUT2D eigenvalue weighted by molar-refractivity contribution is -0.140. The SMILES string of the molecule is CSCCC(N)C(=O)N1CCOC(c2ccc(F)c(F)c2)C1. The van der Waals surface area contributed by atoms with Crippen LogP contribution >= 0.6 is 11.8 Å². The lowest BCUT2D eigenvalue weighted by Crippen LogP contribution is -2.49. The number of nitrogens with zero attached hydrogens (tertiary/aromatic N) is 1. The first-order valence-corrected chi connectivity index (χ1v) is 8.52. The summed E-state index contributed by atoms with van der Waals surface area (Å²) in [4.78, 5) is 13.9. The Morgan fingerprint density at radius 2 is 2.27 bits per heavy atom. The van der Waals surface area contributed by atoms with Crippen LogP contribution in [-0.2, 0) is 9.53 Å². The number of thioether (sulfide) groups is 1. The smallest absolute Gasteiger partial charge is 0.239 e. The summed E-state index contributed by atoms with van der Waals surface area (Å²) in [5.41, 5.74) is 6.43. The van der Waals surface area contributed by atoms with E-state index in [1.807, 2.05) is 6.26 Å². The minimum atomic E-state index is -0.916. The summed E-state index contributed by atoms with van der Waals surface area (Å²) in [6, 6.07) is 3.13. The Labute approximate surface area is 133 Å². The van der Waals surface area contributed by atoms with Crippen LogP contribution in [0.2, 0.25) is 0 Å². The first-order valence-electron chi connectivity index (χ1n) is 7.12. The summed E-state index contributed by atoms with van der Waals surface area (Å²) in [6.07, 6.45) is 2.12. The van der Waals surface area contributed by atoms with Gasteiger partial charge in [0.05, 0.1) is 19.2 Å². The van der Waals surface area contributed by atoms with Crippen molar-refractivity contribution in [3.05, 3.63) is 35.4 Å². The van der Waals surface area contributed by atoms with Crippen LogP contribution in [0.4, 0.5) is 8.78 Å². The number of benzene rings is 1. The van der Waals surface area contributed by atoms with E-state index >= 15 is 0 Å². The van der Waals surface area contributed by atoms with Crippen molar-refractivity contribution < 1.29 is 18.3 Å². The van der Waals surface area contributed by atoms with Crippen LogP contribution in [0.15, 0.2) is 18.2 Å². The van der Waals surface area contributed by atoms with E-state index < -0.39 is 23.8 Å². The molecule has 2 unspecified atom stereocenters. The van der Waals surface area contributed by atoms with Gasteiger partial charge in [-0.3, -0.25) is 4.79 Å². The van der Waals surface area contributed by atoms with Gasteiger partial charge in [0.15, 0.2) is 11.6 Å². The van der Waals surface area contributed by atoms with Gasteiger partial charge in [-0.05, 0) is 36.1 Å². The standard InChI is InChI=1S/C15H20F2N2O2S/c1-22-7-4-13(18)15(20)19-5-6-21-14(9-19)10-2-3-11(16)12(17)8-10/h2-3,8,13-14H,4-7,9,18H2,1H3. The van der Waals surface area contributed by atoms with E-state index in [1.165, 1.54) is 6.07 Å². The number of amides is 1. The Kier molecular flexibility index (Phi) is 6.16. The number of halogens is 2. The minimum absolute atomic E-state index is 0.120. The molecule has 122 valence electrons. The Morgan fingerprint density at radius 3 is 2.95 bits per heavy atom. The molecule has 0 aromatic heterocycles. The predicted octanol–water partition coefficient (Wildman–Crippen LogP) is 1.95. The highest BCUT2D eigenvalue weighted by atomic mass is 32.2. The van der Waals surface area contributed by atoms with E-state index in [2.05, 4.69) is 0 Å². The van der Waals surface area contributed by atoms with Crippen LogP contribution in [0, 0.1) is 11.6 Å². The average Bonchev–Trinajstić information content (AvgIpc) is 2.54. The normalized spacial score (nSPS) is 20.0. The van der Waals surface area contributed by atoms with Crippen LogP contribution in [0.1, 0.15) is 18.1 Å². The summed E-state index contributed by atoms with van der Waals surface area (Å²) in [7, 11) is 0. The van der Waals surface area contributed by atoms with E-state index in [-0.39, 0.29) is 5.91 Å². The van der Waals surface area contributed by atoms with Crippen molar-refractivity contribution in [3.8, 4) is 0 Å². The molecule has 0 aliphatic carbocycles. The number of morpholine rings is 1. The van der Waals surface area contributed by atoms with Crippen molar-refractivity contribution in [2.45, 2.75) is 18.6 Å². The topological polar surface area (TPSA) is 55.6 Å². The van der Waals surface area contributed by atoms with E-state index in [1.54, 1.807) is 16.7 Å². The molecule has 1 aromatic rings. The monoisotopic (exact) mass is 330 g/mol. The van der Waals surface area contributed by atoms with Gasteiger partial charge < -0.3 is 15.4 Å². The van der Waals surface area contributed by atoms with Crippen LogP contribution in [0.3, 0.4) is 0 Å². The fourth-order valence-electron chi connectivity index (χ4n) is 2.37. The zero-order valence-electron chi connectivity index (χ0n) is 12.4. The highest BCUT2D eigenvalue weighted by Crippen LogP contribution is 2.24. The Morgan fingerprint density at radius 1 is 1.50 bits per heavy atom. The number of carbonyl (C=O) groups excluding carboxylic acids is 1. The summed E-state index contributed by atoms with van der Waals surface area (Å²) in [6.45, 7) is 1.12. The third kappa shape index (κ3) is 4.18. The molecule has 2 rings (SSSR count). The third-order valence-electron chi connectivity index (χ3n) is 3.64. The van der Waals surface area contributed by atoms with Crippen LogP contribution in [-0.4, -0.2) is 48.6 Å². The summed E-state index contributed by atoms with van der Waals surface area (Å²) < 4.78 is 31.9. The van der Waals surface area contributed by atoms with E-state index in [4.69, 9.17) is 10.5 Å². The Bertz CT molecular complexity index is 530. The lowest BCUT2D eigenvalue weighted by Gasteiger charge is -2.34. The molecule has 2 N–H and O–H groups in total. The van der Waals surface area contributed by atoms with E-state index in [9.17, 15) is 13.6 Å². The molecule has 1 fully saturated rings. The molecular formula is C15H20F2N2O2S. The minimum Gasteiger partial charge on any atom is -0.370 e. The second kappa shape index (κ2) is 7.89. The zero-order chi connectivity index (χ0) is 16.1. The van der Waals surface area contributed by atoms with Crippen LogP contribution in [0.5, 0.6) is 0 Å². The van der Waals surface area contributed by atoms with Gasteiger partial charge in [-0.1, -0.05) is 6.07 Å². The average molecular weight is 330 g/mol. The number of hydrogen-bond donors (Lipinski definition) is 1. The molecule has 2 atom stereocenters. The summed E-state index contributed by atoms with van der Waals surface area (Å²) in [5, 5.41) is 0. The van der Waals surface area contributed by atoms with Gasteiger partial charge in [-0.2, -0.15) is 11.8 Å². The van der Waals surface area contributed by atoms with Crippen molar-refractivity contribution >= 4 is 17.7 Å². The highest BCUT2D eigenvalue weighted by molar-refractivity contribution is 7.98. The van der Waals surface area contributed by atoms with Crippen molar-refractivity contribution in [1.29, 1.82) is 0 Å². The van der Waals surface area contributed by atoms with Crippen molar-refractivity contribution in [1.82, 2.24) is 4.90 Å². The van der Waals surface area contributed by atoms with Gasteiger partial charge in [0.25, 0.3) is 0 Å². The number of ether oxygens (including phenoxy) is 1. The van der Waals surface area contributed by atoms with Crippen LogP contribution < -0.4 is 5.73 Å². The number of nitrogens with two attached hydrogens (primary N) is 1. The van der Waals surface area contributed by atoms with Crippen molar-refractivity contribution in [2.24, 2.45) is 5.73 Å². The van der Waals surface area contributed by atoms with Crippen LogP contribution in [0.25, 0.3) is 0 Å². The maximum absolute atomic E-state index is 13.3. The molecule has 4 nitrogen and oxygen atoms in total. The first-order chi connectivity index (χ1) is 10.5. The molecule has 0 spiro atoms. The van der Waals surface area contributed by atoms with Gasteiger partial charge in [-0.25, -0.2) is 8.78 Å². The quantitative estimate of drug-likeness (QED) is 0.896. The van der Waals surface area contributed by atoms with E-state index in [0.29, 0.717) is 31.7 Å².